The number of sulfone groups is 1. The van der Waals surface area contributed by atoms with Gasteiger partial charge in [-0.25, -0.2) is 16.8 Å². The van der Waals surface area contributed by atoms with Crippen LogP contribution in [0.1, 0.15) is 29.6 Å². The first-order valence-electron chi connectivity index (χ1n) is 9.14. The summed E-state index contributed by atoms with van der Waals surface area (Å²) in [5.74, 6) is -0.410. The normalized spacial score (nSPS) is 24.7. The first kappa shape index (κ1) is 20.4. The van der Waals surface area contributed by atoms with E-state index in [1.807, 2.05) is 0 Å². The standard InChI is InChI=1S/C20H19N3O5S2/c1-29(25,26)14-6-8-15(9-7-14)30(27,28)23-17-5-3-2-4-16(17)18(24)22-20-10-19(11-20,12-20)13-21/h2-9,23H,10-12H2,1H3,(H,22,24). The van der Waals surface area contributed by atoms with Gasteiger partial charge >= 0.3 is 0 Å². The van der Waals surface area contributed by atoms with Gasteiger partial charge in [0, 0.05) is 11.8 Å². The topological polar surface area (TPSA) is 133 Å². The van der Waals surface area contributed by atoms with E-state index >= 15 is 0 Å². The molecule has 3 fully saturated rings. The van der Waals surface area contributed by atoms with Crippen LogP contribution in [0.15, 0.2) is 58.3 Å². The summed E-state index contributed by atoms with van der Waals surface area (Å²) in [5.41, 5.74) is -0.402. The molecule has 3 aliphatic rings. The molecule has 0 aromatic heterocycles. The highest BCUT2D eigenvalue weighted by molar-refractivity contribution is 7.92. The quantitative estimate of drug-likeness (QED) is 0.699. The molecule has 0 saturated heterocycles. The molecule has 1 amide bonds. The lowest BCUT2D eigenvalue weighted by atomic mass is 9.40. The molecule has 0 atom stereocenters. The SMILES string of the molecule is CS(=O)(=O)c1ccc(S(=O)(=O)Nc2ccccc2C(=O)NC23CC(C#N)(C2)C3)cc1. The molecular formula is C20H19N3O5S2. The maximum atomic E-state index is 12.8. The van der Waals surface area contributed by atoms with Gasteiger partial charge in [-0.05, 0) is 55.7 Å². The van der Waals surface area contributed by atoms with Crippen molar-refractivity contribution in [2.75, 3.05) is 11.0 Å². The number of nitrogens with zero attached hydrogens (tertiary/aromatic N) is 1. The number of amides is 1. The highest BCUT2D eigenvalue weighted by atomic mass is 32.2. The second-order valence-corrected chi connectivity index (χ2v) is 11.7. The third-order valence-corrected chi connectivity index (χ3v) is 8.13. The van der Waals surface area contributed by atoms with Crippen molar-refractivity contribution in [3.05, 3.63) is 54.1 Å². The molecule has 0 aliphatic heterocycles. The number of hydrogen-bond acceptors (Lipinski definition) is 6. The van der Waals surface area contributed by atoms with Crippen LogP contribution in [-0.2, 0) is 19.9 Å². The largest absolute Gasteiger partial charge is 0.346 e. The van der Waals surface area contributed by atoms with E-state index in [0.29, 0.717) is 19.3 Å². The van der Waals surface area contributed by atoms with Crippen LogP contribution < -0.4 is 10.0 Å². The van der Waals surface area contributed by atoms with Crippen molar-refractivity contribution in [1.29, 1.82) is 5.26 Å². The van der Waals surface area contributed by atoms with E-state index < -0.39 is 25.8 Å². The number of sulfonamides is 1. The number of nitrogens with one attached hydrogen (secondary N) is 2. The minimum Gasteiger partial charge on any atom is -0.346 e. The van der Waals surface area contributed by atoms with E-state index in [2.05, 4.69) is 16.1 Å². The summed E-state index contributed by atoms with van der Waals surface area (Å²) in [6.07, 6.45) is 2.88. The number of carbonyl (C=O) groups excluding carboxylic acids is 1. The molecule has 2 aromatic rings. The maximum absolute atomic E-state index is 12.8. The van der Waals surface area contributed by atoms with Gasteiger partial charge in [0.25, 0.3) is 15.9 Å². The van der Waals surface area contributed by atoms with Gasteiger partial charge in [0.1, 0.15) is 0 Å². The van der Waals surface area contributed by atoms with Crippen LogP contribution in [-0.4, -0.2) is 34.5 Å². The van der Waals surface area contributed by atoms with Crippen LogP contribution in [0.5, 0.6) is 0 Å². The van der Waals surface area contributed by atoms with Gasteiger partial charge in [0.2, 0.25) is 0 Å². The van der Waals surface area contributed by atoms with E-state index in [1.165, 1.54) is 36.4 Å². The monoisotopic (exact) mass is 445 g/mol. The minimum absolute atomic E-state index is 0.00919. The van der Waals surface area contributed by atoms with Crippen molar-refractivity contribution in [2.24, 2.45) is 5.41 Å². The van der Waals surface area contributed by atoms with Gasteiger partial charge < -0.3 is 5.32 Å². The number of hydrogen-bond donors (Lipinski definition) is 2. The molecule has 3 aliphatic carbocycles. The lowest BCUT2D eigenvalue weighted by molar-refractivity contribution is -0.102. The van der Waals surface area contributed by atoms with E-state index in [0.717, 1.165) is 6.26 Å². The Morgan fingerprint density at radius 1 is 0.967 bits per heavy atom. The maximum Gasteiger partial charge on any atom is 0.261 e. The third-order valence-electron chi connectivity index (χ3n) is 5.62. The highest BCUT2D eigenvalue weighted by Gasteiger charge is 2.69. The first-order chi connectivity index (χ1) is 14.0. The Balaban J connectivity index is 1.54. The van der Waals surface area contributed by atoms with Crippen LogP contribution in [0.2, 0.25) is 0 Å². The molecule has 3 saturated carbocycles. The Bertz CT molecular complexity index is 1270. The summed E-state index contributed by atoms with van der Waals surface area (Å²) in [6, 6.07) is 13.3. The lowest BCUT2D eigenvalue weighted by Crippen LogP contribution is -2.74. The molecule has 0 heterocycles. The Morgan fingerprint density at radius 3 is 2.10 bits per heavy atom. The second-order valence-electron chi connectivity index (χ2n) is 8.05. The summed E-state index contributed by atoms with van der Waals surface area (Å²) >= 11 is 0. The summed E-state index contributed by atoms with van der Waals surface area (Å²) < 4.78 is 51.0. The summed E-state index contributed by atoms with van der Waals surface area (Å²) in [4.78, 5) is 12.7. The number of nitriles is 1. The van der Waals surface area contributed by atoms with Crippen molar-refractivity contribution in [3.63, 3.8) is 0 Å². The van der Waals surface area contributed by atoms with E-state index in [9.17, 15) is 21.6 Å². The zero-order valence-corrected chi connectivity index (χ0v) is 17.7. The average Bonchev–Trinajstić information content (AvgIpc) is 2.63. The Morgan fingerprint density at radius 2 is 1.53 bits per heavy atom. The number of anilines is 1. The van der Waals surface area contributed by atoms with Gasteiger partial charge in [-0.3, -0.25) is 9.52 Å². The third kappa shape index (κ3) is 3.44. The number of benzene rings is 2. The number of rotatable bonds is 6. The fraction of sp³-hybridized carbons (Fsp3) is 0.300. The van der Waals surface area contributed by atoms with Crippen molar-refractivity contribution in [3.8, 4) is 6.07 Å². The van der Waals surface area contributed by atoms with Crippen LogP contribution >= 0.6 is 0 Å². The van der Waals surface area contributed by atoms with Gasteiger partial charge in [-0.2, -0.15) is 5.26 Å². The molecule has 5 rings (SSSR count). The van der Waals surface area contributed by atoms with Gasteiger partial charge in [0.05, 0.1) is 32.5 Å². The Hall–Kier alpha value is -2.90. The van der Waals surface area contributed by atoms with Crippen LogP contribution in [0.25, 0.3) is 0 Å². The molecule has 156 valence electrons. The minimum atomic E-state index is -4.04. The van der Waals surface area contributed by atoms with Crippen molar-refractivity contribution >= 4 is 31.5 Å². The molecule has 2 aromatic carbocycles. The smallest absolute Gasteiger partial charge is 0.261 e. The van der Waals surface area contributed by atoms with Crippen LogP contribution in [0, 0.1) is 16.7 Å². The molecule has 30 heavy (non-hydrogen) atoms. The molecular weight excluding hydrogens is 426 g/mol. The molecule has 8 nitrogen and oxygen atoms in total. The van der Waals surface area contributed by atoms with E-state index in [1.54, 1.807) is 12.1 Å². The molecule has 2 N–H and O–H groups in total. The molecule has 10 heteroatoms. The van der Waals surface area contributed by atoms with E-state index in [-0.39, 0.29) is 32.0 Å². The summed E-state index contributed by atoms with van der Waals surface area (Å²) in [5, 5.41) is 12.1. The zero-order chi connectivity index (χ0) is 21.8. The Labute approximate surface area is 174 Å². The predicted octanol–water partition coefficient (Wildman–Crippen LogP) is 2.07. The summed E-state index contributed by atoms with van der Waals surface area (Å²) in [7, 11) is -7.49. The Kier molecular flexibility index (Phi) is 4.45. The number of para-hydroxylation sites is 1. The highest BCUT2D eigenvalue weighted by Crippen LogP contribution is 2.66. The fourth-order valence-electron chi connectivity index (χ4n) is 4.19. The molecule has 0 unspecified atom stereocenters. The second kappa shape index (κ2) is 6.55. The predicted molar refractivity (Wildman–Crippen MR) is 109 cm³/mol. The van der Waals surface area contributed by atoms with Gasteiger partial charge in [-0.15, -0.1) is 0 Å². The van der Waals surface area contributed by atoms with Crippen LogP contribution in [0.4, 0.5) is 5.69 Å². The molecule has 0 spiro atoms. The van der Waals surface area contributed by atoms with E-state index in [4.69, 9.17) is 5.26 Å². The van der Waals surface area contributed by atoms with Gasteiger partial charge in [-0.1, -0.05) is 12.1 Å². The lowest BCUT2D eigenvalue weighted by Gasteiger charge is -2.66. The zero-order valence-electron chi connectivity index (χ0n) is 16.0. The summed E-state index contributed by atoms with van der Waals surface area (Å²) in [6.45, 7) is 0. The van der Waals surface area contributed by atoms with Crippen molar-refractivity contribution in [1.82, 2.24) is 5.32 Å². The first-order valence-corrected chi connectivity index (χ1v) is 12.5. The van der Waals surface area contributed by atoms with Crippen molar-refractivity contribution in [2.45, 2.75) is 34.6 Å². The molecule has 2 bridgehead atoms. The van der Waals surface area contributed by atoms with Crippen LogP contribution in [0.3, 0.4) is 0 Å². The van der Waals surface area contributed by atoms with Crippen molar-refractivity contribution < 1.29 is 21.6 Å². The molecule has 0 radical (unpaired) electrons. The average molecular weight is 446 g/mol. The fourth-order valence-corrected chi connectivity index (χ4v) is 5.90. The number of carbonyl (C=O) groups is 1. The van der Waals surface area contributed by atoms with Gasteiger partial charge in [0.15, 0.2) is 9.84 Å².